The highest BCUT2D eigenvalue weighted by Crippen LogP contribution is 2.63. The average molecular weight is 404 g/mol. The van der Waals surface area contributed by atoms with E-state index in [0.29, 0.717) is 23.0 Å². The number of benzene rings is 2. The highest BCUT2D eigenvalue weighted by Gasteiger charge is 2.69. The lowest BCUT2D eigenvalue weighted by molar-refractivity contribution is -0.0823. The summed E-state index contributed by atoms with van der Waals surface area (Å²) >= 11 is 0. The van der Waals surface area contributed by atoms with E-state index in [0.717, 1.165) is 19.3 Å². The highest BCUT2D eigenvalue weighted by atomic mass is 16.6. The van der Waals surface area contributed by atoms with E-state index in [-0.39, 0.29) is 36.0 Å². The minimum absolute atomic E-state index is 0.191. The summed E-state index contributed by atoms with van der Waals surface area (Å²) in [5.74, 6) is 0.500. The number of hydrogen-bond acceptors (Lipinski definition) is 5. The molecule has 0 N–H and O–H groups in total. The van der Waals surface area contributed by atoms with Crippen LogP contribution in [0, 0.1) is 23.7 Å². The molecule has 2 aromatic rings. The molecule has 8 unspecified atom stereocenters. The van der Waals surface area contributed by atoms with Gasteiger partial charge in [-0.15, -0.1) is 0 Å². The molecule has 0 radical (unpaired) electrons. The number of carbonyl (C=O) groups is 2. The van der Waals surface area contributed by atoms with Gasteiger partial charge >= 0.3 is 11.9 Å². The van der Waals surface area contributed by atoms with Crippen LogP contribution in [0.5, 0.6) is 0 Å². The molecule has 4 aliphatic rings. The average Bonchev–Trinajstić information content (AvgIpc) is 3.55. The molecule has 5 nitrogen and oxygen atoms in total. The van der Waals surface area contributed by atoms with Crippen molar-refractivity contribution in [1.82, 2.24) is 0 Å². The van der Waals surface area contributed by atoms with Crippen LogP contribution in [-0.4, -0.2) is 36.4 Å². The minimum atomic E-state index is -0.417. The van der Waals surface area contributed by atoms with Crippen molar-refractivity contribution in [3.8, 4) is 0 Å². The van der Waals surface area contributed by atoms with Gasteiger partial charge in [-0.3, -0.25) is 0 Å². The van der Waals surface area contributed by atoms with Crippen LogP contribution in [0.1, 0.15) is 40.0 Å². The third-order valence-electron chi connectivity index (χ3n) is 7.59. The van der Waals surface area contributed by atoms with Crippen LogP contribution in [0.15, 0.2) is 60.7 Å². The second-order valence-electron chi connectivity index (χ2n) is 8.98. The predicted octanol–water partition coefficient (Wildman–Crippen LogP) is 3.88. The van der Waals surface area contributed by atoms with Crippen LogP contribution in [0.3, 0.4) is 0 Å². The third-order valence-corrected chi connectivity index (χ3v) is 7.59. The molecule has 0 aromatic heterocycles. The van der Waals surface area contributed by atoms with Gasteiger partial charge in [0.05, 0.1) is 23.3 Å². The molecule has 30 heavy (non-hydrogen) atoms. The molecule has 6 rings (SSSR count). The van der Waals surface area contributed by atoms with E-state index in [1.165, 1.54) is 0 Å². The maximum atomic E-state index is 12.8. The van der Waals surface area contributed by atoms with Gasteiger partial charge in [0.1, 0.15) is 12.2 Å². The lowest BCUT2D eigenvalue weighted by Crippen LogP contribution is -2.49. The van der Waals surface area contributed by atoms with Gasteiger partial charge in [-0.05, 0) is 55.4 Å². The van der Waals surface area contributed by atoms with Gasteiger partial charge in [-0.1, -0.05) is 36.4 Å². The van der Waals surface area contributed by atoms with Gasteiger partial charge in [-0.2, -0.15) is 0 Å². The Morgan fingerprint density at radius 3 is 1.57 bits per heavy atom. The van der Waals surface area contributed by atoms with Gasteiger partial charge < -0.3 is 14.2 Å². The van der Waals surface area contributed by atoms with Gasteiger partial charge in [0.25, 0.3) is 0 Å². The van der Waals surface area contributed by atoms with Crippen molar-refractivity contribution in [2.45, 2.75) is 43.7 Å². The fourth-order valence-corrected chi connectivity index (χ4v) is 6.54. The Labute approximate surface area is 175 Å². The zero-order valence-corrected chi connectivity index (χ0v) is 16.6. The number of esters is 2. The Morgan fingerprint density at radius 2 is 1.13 bits per heavy atom. The maximum Gasteiger partial charge on any atom is 0.338 e. The largest absolute Gasteiger partial charge is 0.455 e. The van der Waals surface area contributed by atoms with E-state index in [2.05, 4.69) is 0 Å². The number of fused-ring (bicyclic) bond motifs is 9. The van der Waals surface area contributed by atoms with Crippen LogP contribution in [-0.2, 0) is 14.2 Å². The predicted molar refractivity (Wildman–Crippen MR) is 108 cm³/mol. The van der Waals surface area contributed by atoms with Crippen molar-refractivity contribution < 1.29 is 23.8 Å². The second-order valence-corrected chi connectivity index (χ2v) is 8.98. The molecule has 4 bridgehead atoms. The second kappa shape index (κ2) is 6.95. The first-order chi connectivity index (χ1) is 14.7. The van der Waals surface area contributed by atoms with Crippen LogP contribution in [0.2, 0.25) is 0 Å². The Kier molecular flexibility index (Phi) is 4.20. The van der Waals surface area contributed by atoms with Crippen molar-refractivity contribution in [2.24, 2.45) is 23.7 Å². The lowest BCUT2D eigenvalue weighted by Gasteiger charge is -2.40. The molecule has 2 saturated heterocycles. The highest BCUT2D eigenvalue weighted by molar-refractivity contribution is 5.90. The van der Waals surface area contributed by atoms with Crippen molar-refractivity contribution in [3.63, 3.8) is 0 Å². The fraction of sp³-hybridized carbons (Fsp3) is 0.440. The normalized spacial score (nSPS) is 37.7. The SMILES string of the molecule is O=C(OC1C2CC(C1OC(=O)c1ccccc1)C1C3CCC(O3)C21)c1ccccc1. The van der Waals surface area contributed by atoms with Gasteiger partial charge in [0, 0.05) is 11.8 Å². The molecule has 154 valence electrons. The molecule has 4 fully saturated rings. The number of hydrogen-bond donors (Lipinski definition) is 0. The summed E-state index contributed by atoms with van der Waals surface area (Å²) in [5.41, 5.74) is 1.04. The lowest BCUT2D eigenvalue weighted by atomic mass is 9.69. The Morgan fingerprint density at radius 1 is 0.700 bits per heavy atom. The number of ether oxygens (including phenoxy) is 3. The first-order valence-electron chi connectivity index (χ1n) is 10.9. The van der Waals surface area contributed by atoms with E-state index in [9.17, 15) is 9.59 Å². The van der Waals surface area contributed by atoms with Crippen LogP contribution in [0.25, 0.3) is 0 Å². The van der Waals surface area contributed by atoms with Crippen molar-refractivity contribution >= 4 is 11.9 Å². The van der Waals surface area contributed by atoms with E-state index in [4.69, 9.17) is 14.2 Å². The summed E-state index contributed by atoms with van der Waals surface area (Å²) in [6, 6.07) is 18.1. The molecule has 2 heterocycles. The Bertz CT molecular complexity index is 881. The van der Waals surface area contributed by atoms with Gasteiger partial charge in [0.2, 0.25) is 0 Å². The molecule has 0 amide bonds. The minimum Gasteiger partial charge on any atom is -0.455 e. The monoisotopic (exact) mass is 404 g/mol. The molecule has 2 saturated carbocycles. The van der Waals surface area contributed by atoms with Crippen molar-refractivity contribution in [3.05, 3.63) is 71.8 Å². The first-order valence-corrected chi connectivity index (χ1v) is 10.9. The summed E-state index contributed by atoms with van der Waals surface area (Å²) in [4.78, 5) is 25.7. The zero-order chi connectivity index (χ0) is 20.2. The number of carbonyl (C=O) groups excluding carboxylic acids is 2. The van der Waals surface area contributed by atoms with E-state index in [1.807, 2.05) is 36.4 Å². The van der Waals surface area contributed by atoms with Crippen molar-refractivity contribution in [1.29, 1.82) is 0 Å². The van der Waals surface area contributed by atoms with E-state index >= 15 is 0 Å². The van der Waals surface area contributed by atoms with Crippen LogP contribution >= 0.6 is 0 Å². The molecule has 2 aliphatic carbocycles. The summed E-state index contributed by atoms with van der Waals surface area (Å²) < 4.78 is 18.3. The quantitative estimate of drug-likeness (QED) is 0.724. The first kappa shape index (κ1) is 18.1. The molecular formula is C25H24O5. The van der Waals surface area contributed by atoms with Gasteiger partial charge in [0.15, 0.2) is 0 Å². The summed E-state index contributed by atoms with van der Waals surface area (Å²) in [5, 5.41) is 0. The molecule has 2 aromatic carbocycles. The number of rotatable bonds is 4. The van der Waals surface area contributed by atoms with E-state index < -0.39 is 12.2 Å². The molecule has 5 heteroatoms. The Balaban J connectivity index is 1.28. The molecule has 2 aliphatic heterocycles. The molecular weight excluding hydrogens is 380 g/mol. The maximum absolute atomic E-state index is 12.8. The van der Waals surface area contributed by atoms with Crippen LogP contribution < -0.4 is 0 Å². The third kappa shape index (κ3) is 2.72. The smallest absolute Gasteiger partial charge is 0.338 e. The molecule has 0 spiro atoms. The summed E-state index contributed by atoms with van der Waals surface area (Å²) in [6.45, 7) is 0. The fourth-order valence-electron chi connectivity index (χ4n) is 6.54. The van der Waals surface area contributed by atoms with Crippen molar-refractivity contribution in [2.75, 3.05) is 0 Å². The van der Waals surface area contributed by atoms with Crippen LogP contribution in [0.4, 0.5) is 0 Å². The molecule has 8 atom stereocenters. The zero-order valence-electron chi connectivity index (χ0n) is 16.6. The summed E-state index contributed by atoms with van der Waals surface area (Å²) in [7, 11) is 0. The topological polar surface area (TPSA) is 61.8 Å². The summed E-state index contributed by atoms with van der Waals surface area (Å²) in [6.07, 6.45) is 2.80. The Hall–Kier alpha value is -2.66. The van der Waals surface area contributed by atoms with Gasteiger partial charge in [-0.25, -0.2) is 9.59 Å². The standard InChI is InChI=1S/C25H24O5/c26-24(14-7-3-1-4-8-14)29-22-16-13-17(21-19-12-11-18(28-19)20(16)21)23(22)30-25(27)15-9-5-2-6-10-15/h1-10,16-23H,11-13H2. The van der Waals surface area contributed by atoms with E-state index in [1.54, 1.807) is 24.3 Å².